The summed E-state index contributed by atoms with van der Waals surface area (Å²) in [5.74, 6) is 2.53. The zero-order valence-electron chi connectivity index (χ0n) is 19.4. The molecule has 0 amide bonds. The van der Waals surface area contributed by atoms with Crippen molar-refractivity contribution in [2.24, 2.45) is 0 Å². The van der Waals surface area contributed by atoms with Gasteiger partial charge in [0.2, 0.25) is 4.96 Å². The van der Waals surface area contributed by atoms with E-state index in [4.69, 9.17) is 28.3 Å². The monoisotopic (exact) mass is 521 g/mol. The van der Waals surface area contributed by atoms with E-state index in [1.165, 1.54) is 22.7 Å². The number of rotatable bonds is 8. The van der Waals surface area contributed by atoms with Crippen LogP contribution in [0.25, 0.3) is 38.0 Å². The summed E-state index contributed by atoms with van der Waals surface area (Å²) in [7, 11) is 4.80. The van der Waals surface area contributed by atoms with E-state index in [9.17, 15) is 0 Å². The van der Waals surface area contributed by atoms with Crippen LogP contribution in [0, 0.1) is 0 Å². The highest BCUT2D eigenvalue weighted by atomic mass is 32.1. The predicted octanol–water partition coefficient (Wildman–Crippen LogP) is 5.33. The molecule has 0 radical (unpaired) electrons. The Hall–Kier alpha value is -4.16. The molecule has 10 nitrogen and oxygen atoms in total. The van der Waals surface area contributed by atoms with Crippen LogP contribution >= 0.6 is 22.7 Å². The second-order valence-corrected chi connectivity index (χ2v) is 9.40. The number of fused-ring (bicyclic) bond motifs is 2. The molecule has 182 valence electrons. The largest absolute Gasteiger partial charge is 0.496 e. The van der Waals surface area contributed by atoms with Crippen molar-refractivity contribution in [1.29, 1.82) is 0 Å². The SMILES string of the molecule is COc1cncc(-c2nc(COc3cc(OC)cc4oc(-c5cn6nc(OC)sc6n5)cc34)cs2)c1. The van der Waals surface area contributed by atoms with Crippen LogP contribution < -0.4 is 18.9 Å². The van der Waals surface area contributed by atoms with Gasteiger partial charge in [-0.25, -0.2) is 14.5 Å². The van der Waals surface area contributed by atoms with Gasteiger partial charge in [-0.1, -0.05) is 0 Å². The fourth-order valence-electron chi connectivity index (χ4n) is 3.63. The van der Waals surface area contributed by atoms with Crippen LogP contribution in [-0.4, -0.2) is 45.9 Å². The molecule has 0 atom stereocenters. The van der Waals surface area contributed by atoms with Crippen LogP contribution in [0.2, 0.25) is 0 Å². The normalized spacial score (nSPS) is 11.3. The maximum Gasteiger partial charge on any atom is 0.294 e. The lowest BCUT2D eigenvalue weighted by Crippen LogP contribution is -1.97. The van der Waals surface area contributed by atoms with Crippen molar-refractivity contribution in [2.75, 3.05) is 21.3 Å². The van der Waals surface area contributed by atoms with E-state index in [2.05, 4.69) is 15.1 Å². The third-order valence-electron chi connectivity index (χ3n) is 5.38. The Kier molecular flexibility index (Phi) is 5.66. The fraction of sp³-hybridized carbons (Fsp3) is 0.167. The summed E-state index contributed by atoms with van der Waals surface area (Å²) in [6, 6.07) is 7.46. The number of pyridine rings is 1. The topological polar surface area (TPSA) is 106 Å². The smallest absolute Gasteiger partial charge is 0.294 e. The van der Waals surface area contributed by atoms with Gasteiger partial charge >= 0.3 is 0 Å². The molecule has 0 aliphatic heterocycles. The fourth-order valence-corrected chi connectivity index (χ4v) is 5.12. The predicted molar refractivity (Wildman–Crippen MR) is 135 cm³/mol. The molecule has 0 bridgehead atoms. The molecule has 6 rings (SSSR count). The molecule has 0 unspecified atom stereocenters. The van der Waals surface area contributed by atoms with Crippen molar-refractivity contribution < 1.29 is 23.4 Å². The number of ether oxygens (including phenoxy) is 4. The van der Waals surface area contributed by atoms with E-state index >= 15 is 0 Å². The first kappa shape index (κ1) is 22.3. The Morgan fingerprint density at radius 3 is 2.67 bits per heavy atom. The first-order valence-corrected chi connectivity index (χ1v) is 12.4. The lowest BCUT2D eigenvalue weighted by Gasteiger charge is -2.08. The molecule has 0 saturated carbocycles. The number of thiazole rings is 1. The Morgan fingerprint density at radius 1 is 0.972 bits per heavy atom. The number of methoxy groups -OCH3 is 3. The Balaban J connectivity index is 1.28. The molecule has 6 aromatic rings. The van der Waals surface area contributed by atoms with E-state index in [0.717, 1.165) is 21.7 Å². The summed E-state index contributed by atoms with van der Waals surface area (Å²) in [6.45, 7) is 0.278. The van der Waals surface area contributed by atoms with E-state index in [1.807, 2.05) is 29.6 Å². The van der Waals surface area contributed by atoms with Gasteiger partial charge in [-0.3, -0.25) is 4.98 Å². The number of furan rings is 1. The van der Waals surface area contributed by atoms with Gasteiger partial charge in [0.05, 0.1) is 44.8 Å². The second-order valence-electron chi connectivity index (χ2n) is 7.62. The van der Waals surface area contributed by atoms with Gasteiger partial charge < -0.3 is 23.4 Å². The molecule has 36 heavy (non-hydrogen) atoms. The Labute approximate surface area is 212 Å². The molecule has 12 heteroatoms. The molecule has 0 spiro atoms. The molecule has 0 fully saturated rings. The number of imidazole rings is 1. The number of hydrogen-bond donors (Lipinski definition) is 0. The van der Waals surface area contributed by atoms with Gasteiger partial charge in [0, 0.05) is 29.3 Å². The lowest BCUT2D eigenvalue weighted by molar-refractivity contribution is 0.303. The lowest BCUT2D eigenvalue weighted by atomic mass is 10.2. The molecular weight excluding hydrogens is 502 g/mol. The average molecular weight is 522 g/mol. The Bertz CT molecular complexity index is 1650. The van der Waals surface area contributed by atoms with E-state index < -0.39 is 0 Å². The quantitative estimate of drug-likeness (QED) is 0.263. The van der Waals surface area contributed by atoms with Crippen molar-refractivity contribution in [3.8, 4) is 44.5 Å². The van der Waals surface area contributed by atoms with Crippen LogP contribution in [0.5, 0.6) is 22.4 Å². The first-order chi connectivity index (χ1) is 17.6. The molecule has 0 aliphatic carbocycles. The summed E-state index contributed by atoms with van der Waals surface area (Å²) in [6.07, 6.45) is 5.22. The van der Waals surface area contributed by atoms with Crippen molar-refractivity contribution in [3.63, 3.8) is 0 Å². The average Bonchev–Trinajstić information content (AvgIpc) is 3.69. The highest BCUT2D eigenvalue weighted by Gasteiger charge is 2.17. The minimum Gasteiger partial charge on any atom is -0.496 e. The summed E-state index contributed by atoms with van der Waals surface area (Å²) >= 11 is 2.87. The van der Waals surface area contributed by atoms with Crippen molar-refractivity contribution in [3.05, 3.63) is 53.9 Å². The summed E-state index contributed by atoms with van der Waals surface area (Å²) in [5, 5.41) is 8.47. The van der Waals surface area contributed by atoms with Crippen LogP contribution in [-0.2, 0) is 6.61 Å². The summed E-state index contributed by atoms with van der Waals surface area (Å²) in [5.41, 5.74) is 2.98. The van der Waals surface area contributed by atoms with Gasteiger partial charge in [-0.05, 0) is 23.5 Å². The second kappa shape index (κ2) is 9.13. The number of hydrogen-bond acceptors (Lipinski definition) is 11. The maximum atomic E-state index is 6.18. The van der Waals surface area contributed by atoms with Crippen LogP contribution in [0.15, 0.2) is 52.7 Å². The van der Waals surface area contributed by atoms with Gasteiger partial charge in [-0.2, -0.15) is 0 Å². The van der Waals surface area contributed by atoms with E-state index in [0.29, 0.717) is 44.4 Å². The third-order valence-corrected chi connectivity index (χ3v) is 7.21. The maximum absolute atomic E-state index is 6.18. The van der Waals surface area contributed by atoms with Crippen molar-refractivity contribution in [2.45, 2.75) is 6.61 Å². The van der Waals surface area contributed by atoms with Gasteiger partial charge in [-0.15, -0.1) is 16.4 Å². The van der Waals surface area contributed by atoms with Gasteiger partial charge in [0.15, 0.2) is 5.76 Å². The van der Waals surface area contributed by atoms with E-state index in [1.54, 1.807) is 44.4 Å². The zero-order chi connectivity index (χ0) is 24.6. The highest BCUT2D eigenvalue weighted by molar-refractivity contribution is 7.18. The van der Waals surface area contributed by atoms with Crippen molar-refractivity contribution >= 4 is 38.6 Å². The van der Waals surface area contributed by atoms with E-state index in [-0.39, 0.29) is 6.61 Å². The number of aromatic nitrogens is 5. The van der Waals surface area contributed by atoms with Gasteiger partial charge in [0.25, 0.3) is 5.19 Å². The Morgan fingerprint density at radius 2 is 1.86 bits per heavy atom. The summed E-state index contributed by atoms with van der Waals surface area (Å²) < 4.78 is 29.8. The van der Waals surface area contributed by atoms with Crippen molar-refractivity contribution in [1.82, 2.24) is 24.6 Å². The third kappa shape index (κ3) is 4.10. The minimum absolute atomic E-state index is 0.278. The zero-order valence-corrected chi connectivity index (χ0v) is 21.1. The van der Waals surface area contributed by atoms with Crippen LogP contribution in [0.4, 0.5) is 0 Å². The number of benzene rings is 1. The molecular formula is C24H19N5O5S2. The standard InChI is InChI=1S/C24H19N5O5S2/c1-30-15-5-19(33-11-14-12-35-22(26-14)13-4-16(31-2)9-25-8-13)17-7-21(34-20(17)6-15)18-10-29-23(27-18)36-24(28-29)32-3/h4-10,12H,11H2,1-3H3. The molecule has 5 aromatic heterocycles. The molecule has 1 aromatic carbocycles. The van der Waals surface area contributed by atoms with Gasteiger partial charge in [0.1, 0.15) is 40.1 Å². The molecule has 5 heterocycles. The van der Waals surface area contributed by atoms with Crippen LogP contribution in [0.3, 0.4) is 0 Å². The molecule has 0 aliphatic rings. The summed E-state index contributed by atoms with van der Waals surface area (Å²) in [4.78, 5) is 14.2. The minimum atomic E-state index is 0.278. The van der Waals surface area contributed by atoms with Crippen LogP contribution in [0.1, 0.15) is 5.69 Å². The highest BCUT2D eigenvalue weighted by Crippen LogP contribution is 2.38. The molecule has 0 N–H and O–H groups in total. The molecule has 0 saturated heterocycles. The first-order valence-electron chi connectivity index (χ1n) is 10.7. The number of nitrogens with zero attached hydrogens (tertiary/aromatic N) is 5.